The smallest absolute Gasteiger partial charge is 0.337 e. The quantitative estimate of drug-likeness (QED) is 0.626. The molecule has 1 fully saturated rings. The topological polar surface area (TPSA) is 89.5 Å². The van der Waals surface area contributed by atoms with Crippen LogP contribution in [-0.4, -0.2) is 71.1 Å². The Morgan fingerprint density at radius 3 is 1.90 bits per heavy atom. The molecule has 1 saturated heterocycles. The Labute approximate surface area is 117 Å². The number of methoxy groups -OCH3 is 4. The summed E-state index contributed by atoms with van der Waals surface area (Å²) in [5.41, 5.74) is 0. The first-order valence-corrected chi connectivity index (χ1v) is 5.99. The third-order valence-electron chi connectivity index (χ3n) is 3.01. The second kappa shape index (κ2) is 7.53. The largest absolute Gasteiger partial charge is 0.467 e. The predicted molar refractivity (Wildman–Crippen MR) is 64.8 cm³/mol. The molecule has 116 valence electrons. The summed E-state index contributed by atoms with van der Waals surface area (Å²) >= 11 is 0. The Bertz CT molecular complexity index is 344. The van der Waals surface area contributed by atoms with E-state index in [0.717, 1.165) is 0 Å². The second-order valence-electron chi connectivity index (χ2n) is 4.16. The third kappa shape index (κ3) is 3.45. The highest BCUT2D eigenvalue weighted by Gasteiger charge is 2.51. The molecular formula is C12H20O8. The van der Waals surface area contributed by atoms with Crippen LogP contribution in [0.15, 0.2) is 0 Å². The van der Waals surface area contributed by atoms with Gasteiger partial charge in [-0.2, -0.15) is 0 Å². The lowest BCUT2D eigenvalue weighted by Gasteiger charge is -2.42. The van der Waals surface area contributed by atoms with E-state index in [1.165, 1.54) is 35.4 Å². The van der Waals surface area contributed by atoms with Crippen LogP contribution in [0.2, 0.25) is 0 Å². The van der Waals surface area contributed by atoms with Gasteiger partial charge in [-0.3, -0.25) is 4.79 Å². The summed E-state index contributed by atoms with van der Waals surface area (Å²) in [5.74, 6) is -1.14. The fourth-order valence-corrected chi connectivity index (χ4v) is 2.15. The molecule has 0 aliphatic carbocycles. The van der Waals surface area contributed by atoms with Gasteiger partial charge >= 0.3 is 11.9 Å². The number of ether oxygens (including phenoxy) is 6. The van der Waals surface area contributed by atoms with Gasteiger partial charge < -0.3 is 28.4 Å². The molecule has 5 atom stereocenters. The second-order valence-corrected chi connectivity index (χ2v) is 4.16. The van der Waals surface area contributed by atoms with Crippen molar-refractivity contribution in [3.8, 4) is 0 Å². The van der Waals surface area contributed by atoms with Gasteiger partial charge in [-0.15, -0.1) is 0 Å². The zero-order chi connectivity index (χ0) is 15.3. The van der Waals surface area contributed by atoms with Crippen LogP contribution in [0.5, 0.6) is 0 Å². The van der Waals surface area contributed by atoms with E-state index in [1.807, 2.05) is 0 Å². The van der Waals surface area contributed by atoms with Crippen LogP contribution >= 0.6 is 0 Å². The zero-order valence-corrected chi connectivity index (χ0v) is 12.2. The molecule has 0 radical (unpaired) electrons. The Kier molecular flexibility index (Phi) is 6.34. The molecule has 0 N–H and O–H groups in total. The minimum atomic E-state index is -1.04. The van der Waals surface area contributed by atoms with Gasteiger partial charge in [-0.05, 0) is 0 Å². The van der Waals surface area contributed by atoms with Gasteiger partial charge in [0.1, 0.15) is 12.2 Å². The average molecular weight is 292 g/mol. The molecule has 5 unspecified atom stereocenters. The zero-order valence-electron chi connectivity index (χ0n) is 12.2. The van der Waals surface area contributed by atoms with Crippen LogP contribution in [0.25, 0.3) is 0 Å². The normalized spacial score (nSPS) is 33.5. The molecule has 8 nitrogen and oxygen atoms in total. The van der Waals surface area contributed by atoms with Gasteiger partial charge in [0.05, 0.1) is 7.11 Å². The van der Waals surface area contributed by atoms with E-state index < -0.39 is 42.6 Å². The highest BCUT2D eigenvalue weighted by atomic mass is 16.7. The Morgan fingerprint density at radius 2 is 1.50 bits per heavy atom. The summed E-state index contributed by atoms with van der Waals surface area (Å²) in [4.78, 5) is 22.9. The number of esters is 2. The fraction of sp³-hybridized carbons (Fsp3) is 0.833. The van der Waals surface area contributed by atoms with Crippen molar-refractivity contribution in [3.05, 3.63) is 0 Å². The van der Waals surface area contributed by atoms with E-state index in [0.29, 0.717) is 0 Å². The van der Waals surface area contributed by atoms with Crippen molar-refractivity contribution in [1.29, 1.82) is 0 Å². The molecule has 20 heavy (non-hydrogen) atoms. The minimum Gasteiger partial charge on any atom is -0.467 e. The van der Waals surface area contributed by atoms with Crippen molar-refractivity contribution < 1.29 is 38.0 Å². The van der Waals surface area contributed by atoms with Gasteiger partial charge in [0.15, 0.2) is 18.5 Å². The van der Waals surface area contributed by atoms with Crippen molar-refractivity contribution in [2.45, 2.75) is 37.6 Å². The molecule has 1 rings (SSSR count). The van der Waals surface area contributed by atoms with E-state index >= 15 is 0 Å². The van der Waals surface area contributed by atoms with Crippen LogP contribution < -0.4 is 0 Å². The molecule has 1 aliphatic heterocycles. The van der Waals surface area contributed by atoms with Gasteiger partial charge in [-0.1, -0.05) is 0 Å². The minimum absolute atomic E-state index is 0.519. The lowest BCUT2D eigenvalue weighted by Crippen LogP contribution is -2.62. The number of carbonyl (C=O) groups excluding carboxylic acids is 2. The molecule has 8 heteroatoms. The summed E-state index contributed by atoms with van der Waals surface area (Å²) in [6.45, 7) is 1.26. The maximum absolute atomic E-state index is 11.7. The molecule has 0 aromatic heterocycles. The van der Waals surface area contributed by atoms with Crippen LogP contribution in [0.4, 0.5) is 0 Å². The highest BCUT2D eigenvalue weighted by molar-refractivity contribution is 5.75. The maximum atomic E-state index is 11.7. The molecule has 0 amide bonds. The molecule has 0 saturated carbocycles. The lowest BCUT2D eigenvalue weighted by atomic mass is 9.98. The molecule has 1 heterocycles. The van der Waals surface area contributed by atoms with Crippen molar-refractivity contribution >= 4 is 11.9 Å². The number of carbonyl (C=O) groups is 2. The molecular weight excluding hydrogens is 272 g/mol. The number of hydrogen-bond donors (Lipinski definition) is 0. The predicted octanol–water partition coefficient (Wildman–Crippen LogP) is -0.508. The standard InChI is InChI=1S/C12H20O8/c1-6(13)19-10-8(16-3)7(15-2)9(11(14)17-4)20-12(10)18-5/h7-10,12H,1-5H3. The summed E-state index contributed by atoms with van der Waals surface area (Å²) in [6.07, 6.45) is -4.37. The van der Waals surface area contributed by atoms with E-state index in [4.69, 9.17) is 23.7 Å². The molecule has 1 aliphatic rings. The SMILES string of the molecule is COC(=O)C1OC(OC)C(OC(C)=O)C(OC)C1OC. The highest BCUT2D eigenvalue weighted by Crippen LogP contribution is 2.28. The van der Waals surface area contributed by atoms with Gasteiger partial charge in [0, 0.05) is 28.3 Å². The third-order valence-corrected chi connectivity index (χ3v) is 3.01. The van der Waals surface area contributed by atoms with Crippen LogP contribution in [0.1, 0.15) is 6.92 Å². The number of hydrogen-bond acceptors (Lipinski definition) is 8. The monoisotopic (exact) mass is 292 g/mol. The van der Waals surface area contributed by atoms with Crippen LogP contribution in [0.3, 0.4) is 0 Å². The summed E-state index contributed by atoms with van der Waals surface area (Å²) in [7, 11) is 5.42. The first-order chi connectivity index (χ1) is 9.49. The Balaban J connectivity index is 3.04. The van der Waals surface area contributed by atoms with Crippen molar-refractivity contribution in [3.63, 3.8) is 0 Å². The average Bonchev–Trinajstić information content (AvgIpc) is 2.44. The van der Waals surface area contributed by atoms with E-state index in [1.54, 1.807) is 0 Å². The first kappa shape index (κ1) is 16.8. The van der Waals surface area contributed by atoms with E-state index in [2.05, 4.69) is 4.74 Å². The first-order valence-electron chi connectivity index (χ1n) is 5.99. The van der Waals surface area contributed by atoms with Crippen molar-refractivity contribution in [2.75, 3.05) is 28.4 Å². The molecule has 0 bridgehead atoms. The fourth-order valence-electron chi connectivity index (χ4n) is 2.15. The Morgan fingerprint density at radius 1 is 0.900 bits per heavy atom. The lowest BCUT2D eigenvalue weighted by molar-refractivity contribution is -0.298. The number of rotatable bonds is 5. The Hall–Kier alpha value is -1.22. The van der Waals surface area contributed by atoms with Gasteiger partial charge in [0.2, 0.25) is 0 Å². The summed E-state index contributed by atoms with van der Waals surface area (Å²) in [5, 5.41) is 0. The van der Waals surface area contributed by atoms with Crippen molar-refractivity contribution in [2.24, 2.45) is 0 Å². The van der Waals surface area contributed by atoms with Crippen LogP contribution in [-0.2, 0) is 38.0 Å². The van der Waals surface area contributed by atoms with Gasteiger partial charge in [0.25, 0.3) is 0 Å². The van der Waals surface area contributed by atoms with Gasteiger partial charge in [-0.25, -0.2) is 4.79 Å². The summed E-state index contributed by atoms with van der Waals surface area (Å²) < 4.78 is 30.9. The molecule has 0 aromatic carbocycles. The van der Waals surface area contributed by atoms with E-state index in [-0.39, 0.29) is 0 Å². The molecule has 0 spiro atoms. The maximum Gasteiger partial charge on any atom is 0.337 e. The molecule has 0 aromatic rings. The van der Waals surface area contributed by atoms with Crippen LogP contribution in [0, 0.1) is 0 Å². The summed E-state index contributed by atoms with van der Waals surface area (Å²) in [6, 6.07) is 0. The van der Waals surface area contributed by atoms with Crippen molar-refractivity contribution in [1.82, 2.24) is 0 Å². The van der Waals surface area contributed by atoms with E-state index in [9.17, 15) is 9.59 Å².